The third kappa shape index (κ3) is 4.63. The minimum absolute atomic E-state index is 0.0251. The molecular weight excluding hydrogens is 344 g/mol. The largest absolute Gasteiger partial charge is 0.348 e. The number of carbonyl (C=O) groups is 2. The van der Waals surface area contributed by atoms with Gasteiger partial charge in [0.1, 0.15) is 0 Å². The van der Waals surface area contributed by atoms with Crippen molar-refractivity contribution in [2.45, 2.75) is 31.9 Å². The van der Waals surface area contributed by atoms with Crippen molar-refractivity contribution in [3.8, 4) is 0 Å². The first-order valence-corrected chi connectivity index (χ1v) is 10.3. The Morgan fingerprint density at radius 2 is 1.84 bits per heavy atom. The van der Waals surface area contributed by atoms with E-state index in [0.717, 1.165) is 0 Å². The average molecular weight is 375 g/mol. The molecule has 3 amide bonds. The Kier molecular flexibility index (Phi) is 6.31. The number of sulfonamides is 1. The van der Waals surface area contributed by atoms with Crippen molar-refractivity contribution in [3.05, 3.63) is 0 Å². The predicted molar refractivity (Wildman–Crippen MR) is 95.5 cm³/mol. The fraction of sp³-hybridized carbons (Fsp3) is 0.875. The zero-order valence-corrected chi connectivity index (χ0v) is 16.4. The molecule has 9 heteroatoms. The predicted octanol–water partition coefficient (Wildman–Crippen LogP) is 0.166. The summed E-state index contributed by atoms with van der Waals surface area (Å²) in [5, 5.41) is 2.40. The maximum absolute atomic E-state index is 12.8. The quantitative estimate of drug-likeness (QED) is 0.759. The van der Waals surface area contributed by atoms with Crippen LogP contribution in [0.4, 0.5) is 4.79 Å². The number of urea groups is 1. The number of rotatable bonds is 4. The Morgan fingerprint density at radius 3 is 2.44 bits per heavy atom. The molecule has 0 spiro atoms. The summed E-state index contributed by atoms with van der Waals surface area (Å²) in [4.78, 5) is 27.2. The number of carbonyl (C=O) groups excluding carboxylic acids is 2. The summed E-state index contributed by atoms with van der Waals surface area (Å²) in [6.07, 6.45) is 1.07. The fourth-order valence-electron chi connectivity index (χ4n) is 3.35. The lowest BCUT2D eigenvalue weighted by Crippen LogP contribution is -2.43. The second kappa shape index (κ2) is 7.90. The lowest BCUT2D eigenvalue weighted by atomic mass is 10.0. The zero-order chi connectivity index (χ0) is 18.8. The topological polar surface area (TPSA) is 90.0 Å². The van der Waals surface area contributed by atoms with Gasteiger partial charge in [0, 0.05) is 40.3 Å². The molecule has 25 heavy (non-hydrogen) atoms. The highest BCUT2D eigenvalue weighted by Crippen LogP contribution is 2.34. The normalized spacial score (nSPS) is 26.2. The van der Waals surface area contributed by atoms with Crippen LogP contribution in [0.3, 0.4) is 0 Å². The van der Waals surface area contributed by atoms with Crippen molar-refractivity contribution in [1.29, 1.82) is 0 Å². The lowest BCUT2D eigenvalue weighted by molar-refractivity contribution is -0.128. The third-order valence-corrected chi connectivity index (χ3v) is 7.30. The van der Waals surface area contributed by atoms with Crippen LogP contribution in [0.25, 0.3) is 0 Å². The van der Waals surface area contributed by atoms with E-state index in [1.165, 1.54) is 9.21 Å². The van der Waals surface area contributed by atoms with E-state index in [4.69, 9.17) is 0 Å². The molecule has 2 aliphatic rings. The highest BCUT2D eigenvalue weighted by molar-refractivity contribution is 7.90. The van der Waals surface area contributed by atoms with E-state index in [2.05, 4.69) is 5.32 Å². The number of likely N-dealkylation sites (tertiary alicyclic amines) is 1. The number of hydrogen-bond donors (Lipinski definition) is 1. The standard InChI is InChI=1S/C16H30N4O4S/c1-12(2)9-17-16(22)19-7-5-13-10-20(11-15(21)18(3)4)25(23,24)14(13)6-8-19/h12-14H,5-11H2,1-4H3,(H,17,22)/t13-,14-/m0/s1. The Labute approximate surface area is 150 Å². The molecule has 2 atom stereocenters. The molecule has 0 aromatic heterocycles. The molecule has 8 nitrogen and oxygen atoms in total. The minimum Gasteiger partial charge on any atom is -0.348 e. The Bertz CT molecular complexity index is 605. The second-order valence-corrected chi connectivity index (χ2v) is 9.72. The summed E-state index contributed by atoms with van der Waals surface area (Å²) in [7, 11) is -0.244. The number of hydrogen-bond acceptors (Lipinski definition) is 4. The maximum atomic E-state index is 12.8. The summed E-state index contributed by atoms with van der Waals surface area (Å²) in [6.45, 7) is 5.93. The molecule has 0 saturated carbocycles. The fourth-order valence-corrected chi connectivity index (χ4v) is 5.53. The van der Waals surface area contributed by atoms with Crippen LogP contribution < -0.4 is 5.32 Å². The molecule has 0 aliphatic carbocycles. The first kappa shape index (κ1) is 20.0. The number of likely N-dealkylation sites (N-methyl/N-ethyl adjacent to an activating group) is 1. The molecule has 2 fully saturated rings. The molecule has 2 aliphatic heterocycles. The SMILES string of the molecule is CC(C)CNC(=O)N1CC[C@H]2CN(CC(=O)N(C)C)S(=O)(=O)[C@H]2CC1. The van der Waals surface area contributed by atoms with Crippen molar-refractivity contribution in [1.82, 2.24) is 19.4 Å². The van der Waals surface area contributed by atoms with Gasteiger partial charge < -0.3 is 15.1 Å². The summed E-state index contributed by atoms with van der Waals surface area (Å²) < 4.78 is 26.9. The molecule has 1 N–H and O–H groups in total. The summed E-state index contributed by atoms with van der Waals surface area (Å²) >= 11 is 0. The number of amides is 3. The average Bonchev–Trinajstić information content (AvgIpc) is 2.68. The van der Waals surface area contributed by atoms with Gasteiger partial charge in [-0.25, -0.2) is 13.2 Å². The Hall–Kier alpha value is -1.35. The monoisotopic (exact) mass is 374 g/mol. The molecule has 0 bridgehead atoms. The van der Waals surface area contributed by atoms with Crippen LogP contribution in [0.5, 0.6) is 0 Å². The van der Waals surface area contributed by atoms with Crippen LogP contribution >= 0.6 is 0 Å². The summed E-state index contributed by atoms with van der Waals surface area (Å²) in [5.74, 6) is 0.135. The van der Waals surface area contributed by atoms with Crippen molar-refractivity contribution < 1.29 is 18.0 Å². The Morgan fingerprint density at radius 1 is 1.20 bits per heavy atom. The van der Waals surface area contributed by atoms with E-state index in [1.807, 2.05) is 13.8 Å². The number of nitrogens with one attached hydrogen (secondary N) is 1. The molecular formula is C16H30N4O4S. The van der Waals surface area contributed by atoms with Gasteiger partial charge in [-0.1, -0.05) is 13.8 Å². The van der Waals surface area contributed by atoms with Crippen LogP contribution in [0, 0.1) is 11.8 Å². The molecule has 0 aromatic carbocycles. The molecule has 144 valence electrons. The van der Waals surface area contributed by atoms with Gasteiger partial charge in [0.05, 0.1) is 11.8 Å². The van der Waals surface area contributed by atoms with Gasteiger partial charge in [-0.15, -0.1) is 0 Å². The van der Waals surface area contributed by atoms with E-state index in [0.29, 0.717) is 44.9 Å². The van der Waals surface area contributed by atoms with Gasteiger partial charge >= 0.3 is 6.03 Å². The highest BCUT2D eigenvalue weighted by atomic mass is 32.2. The molecule has 2 saturated heterocycles. The summed E-state index contributed by atoms with van der Waals surface area (Å²) in [5.41, 5.74) is 0. The number of nitrogens with zero attached hydrogens (tertiary/aromatic N) is 3. The van der Waals surface area contributed by atoms with Gasteiger partial charge in [-0.2, -0.15) is 4.31 Å². The summed E-state index contributed by atoms with van der Waals surface area (Å²) in [6, 6.07) is -0.120. The molecule has 0 radical (unpaired) electrons. The molecule has 2 rings (SSSR count). The van der Waals surface area contributed by atoms with Gasteiger partial charge in [0.25, 0.3) is 0 Å². The Balaban J connectivity index is 1.99. The van der Waals surface area contributed by atoms with E-state index in [1.54, 1.807) is 19.0 Å². The first-order valence-electron chi connectivity index (χ1n) is 8.84. The van der Waals surface area contributed by atoms with Crippen LogP contribution in [0.2, 0.25) is 0 Å². The highest BCUT2D eigenvalue weighted by Gasteiger charge is 2.47. The molecule has 0 aromatic rings. The first-order chi connectivity index (χ1) is 11.6. The van der Waals surface area contributed by atoms with Gasteiger partial charge in [0.2, 0.25) is 15.9 Å². The number of fused-ring (bicyclic) bond motifs is 1. The second-order valence-electron chi connectivity index (χ2n) is 7.57. The van der Waals surface area contributed by atoms with E-state index >= 15 is 0 Å². The van der Waals surface area contributed by atoms with E-state index in [-0.39, 0.29) is 24.4 Å². The van der Waals surface area contributed by atoms with Crippen molar-refractivity contribution in [2.24, 2.45) is 11.8 Å². The van der Waals surface area contributed by atoms with Gasteiger partial charge in [0.15, 0.2) is 0 Å². The van der Waals surface area contributed by atoms with Crippen molar-refractivity contribution in [2.75, 3.05) is 46.8 Å². The van der Waals surface area contributed by atoms with Crippen molar-refractivity contribution in [3.63, 3.8) is 0 Å². The maximum Gasteiger partial charge on any atom is 0.317 e. The van der Waals surface area contributed by atoms with Crippen LogP contribution in [-0.4, -0.2) is 86.5 Å². The zero-order valence-electron chi connectivity index (χ0n) is 15.6. The van der Waals surface area contributed by atoms with E-state index < -0.39 is 15.3 Å². The van der Waals surface area contributed by atoms with Crippen molar-refractivity contribution >= 4 is 22.0 Å². The van der Waals surface area contributed by atoms with E-state index in [9.17, 15) is 18.0 Å². The third-order valence-electron chi connectivity index (χ3n) is 4.92. The lowest BCUT2D eigenvalue weighted by Gasteiger charge is -2.23. The van der Waals surface area contributed by atoms with Gasteiger partial charge in [-0.3, -0.25) is 4.79 Å². The molecule has 0 unspecified atom stereocenters. The minimum atomic E-state index is -3.49. The van der Waals surface area contributed by atoms with Crippen LogP contribution in [0.15, 0.2) is 0 Å². The smallest absolute Gasteiger partial charge is 0.317 e. The van der Waals surface area contributed by atoms with Gasteiger partial charge in [-0.05, 0) is 24.7 Å². The van der Waals surface area contributed by atoms with Crippen LogP contribution in [-0.2, 0) is 14.8 Å². The van der Waals surface area contributed by atoms with Crippen LogP contribution in [0.1, 0.15) is 26.7 Å². The molecule has 2 heterocycles.